The zero-order chi connectivity index (χ0) is 15.8. The van der Waals surface area contributed by atoms with E-state index in [1.807, 2.05) is 6.92 Å². The smallest absolute Gasteiger partial charge is 0.339 e. The normalized spacial score (nSPS) is 11.4. The van der Waals surface area contributed by atoms with Crippen molar-refractivity contribution in [1.29, 1.82) is 0 Å². The summed E-state index contributed by atoms with van der Waals surface area (Å²) in [5, 5.41) is 19.0. The molecule has 0 aromatic heterocycles. The van der Waals surface area contributed by atoms with Crippen molar-refractivity contribution in [2.45, 2.75) is 25.7 Å². The lowest BCUT2D eigenvalue weighted by molar-refractivity contribution is 0.383. The highest BCUT2D eigenvalue weighted by atomic mass is 32.2. The number of hydrogen-bond acceptors (Lipinski definition) is 5. The van der Waals surface area contributed by atoms with Gasteiger partial charge in [-0.25, -0.2) is 0 Å². The molecular formula is C15H16O5S. The number of aromatic hydroxyl groups is 2. The monoisotopic (exact) mass is 308 g/mol. The average molecular weight is 308 g/mol. The quantitative estimate of drug-likeness (QED) is 0.673. The Morgan fingerprint density at radius 1 is 1.00 bits per heavy atom. The lowest BCUT2D eigenvalue weighted by Crippen LogP contribution is -2.13. The van der Waals surface area contributed by atoms with E-state index >= 15 is 0 Å². The van der Waals surface area contributed by atoms with Crippen LogP contribution in [0.3, 0.4) is 0 Å². The molecule has 0 aliphatic heterocycles. The van der Waals surface area contributed by atoms with Gasteiger partial charge in [0.05, 0.1) is 0 Å². The summed E-state index contributed by atoms with van der Waals surface area (Å²) in [5.41, 5.74) is 2.07. The van der Waals surface area contributed by atoms with Gasteiger partial charge in [-0.15, -0.1) is 0 Å². The maximum absolute atomic E-state index is 12.4. The molecule has 0 unspecified atom stereocenters. The first kappa shape index (κ1) is 15.2. The molecule has 0 saturated carbocycles. The first-order valence-corrected chi connectivity index (χ1v) is 7.66. The average Bonchev–Trinajstić information content (AvgIpc) is 2.33. The van der Waals surface area contributed by atoms with Crippen molar-refractivity contribution < 1.29 is 22.8 Å². The SMILES string of the molecule is Cc1cc(C)c(S(=O)(=O)Oc2cccc(O)c2O)c(C)c1. The molecule has 0 aliphatic carbocycles. The molecule has 21 heavy (non-hydrogen) atoms. The Bertz CT molecular complexity index is 771. The molecule has 0 atom stereocenters. The van der Waals surface area contributed by atoms with Crippen molar-refractivity contribution in [2.24, 2.45) is 0 Å². The molecule has 0 fully saturated rings. The summed E-state index contributed by atoms with van der Waals surface area (Å²) in [6, 6.07) is 7.37. The summed E-state index contributed by atoms with van der Waals surface area (Å²) in [4.78, 5) is 0.0656. The van der Waals surface area contributed by atoms with Crippen LogP contribution >= 0.6 is 0 Å². The van der Waals surface area contributed by atoms with Gasteiger partial charge in [0.15, 0.2) is 11.5 Å². The van der Waals surface area contributed by atoms with E-state index in [9.17, 15) is 18.6 Å². The van der Waals surface area contributed by atoms with Crippen LogP contribution in [0.5, 0.6) is 17.2 Å². The maximum Gasteiger partial charge on any atom is 0.339 e. The fourth-order valence-electron chi connectivity index (χ4n) is 2.30. The van der Waals surface area contributed by atoms with Crippen LogP contribution in [-0.2, 0) is 10.1 Å². The minimum absolute atomic E-state index is 0.0656. The molecule has 0 radical (unpaired) electrons. The molecule has 0 spiro atoms. The number of phenols is 2. The third-order valence-electron chi connectivity index (χ3n) is 3.03. The summed E-state index contributed by atoms with van der Waals surface area (Å²) in [5.74, 6) is -1.36. The fourth-order valence-corrected chi connectivity index (χ4v) is 3.66. The topological polar surface area (TPSA) is 83.8 Å². The van der Waals surface area contributed by atoms with E-state index < -0.39 is 21.6 Å². The molecule has 0 amide bonds. The van der Waals surface area contributed by atoms with Gasteiger partial charge in [-0.3, -0.25) is 0 Å². The van der Waals surface area contributed by atoms with E-state index in [-0.39, 0.29) is 10.6 Å². The Morgan fingerprint density at radius 2 is 1.57 bits per heavy atom. The highest BCUT2D eigenvalue weighted by Crippen LogP contribution is 2.36. The standard InChI is InChI=1S/C15H16O5S/c1-9-7-10(2)15(11(3)8-9)21(18,19)20-13-6-4-5-12(16)14(13)17/h4-8,16-17H,1-3H3. The molecule has 2 rings (SSSR count). The Hall–Kier alpha value is -2.21. The minimum Gasteiger partial charge on any atom is -0.504 e. The van der Waals surface area contributed by atoms with Gasteiger partial charge in [-0.05, 0) is 44.0 Å². The lowest BCUT2D eigenvalue weighted by Gasteiger charge is -2.13. The van der Waals surface area contributed by atoms with Crippen LogP contribution in [0.2, 0.25) is 0 Å². The zero-order valence-electron chi connectivity index (χ0n) is 11.9. The van der Waals surface area contributed by atoms with Crippen molar-refractivity contribution in [3.05, 3.63) is 47.0 Å². The maximum atomic E-state index is 12.4. The van der Waals surface area contributed by atoms with Crippen LogP contribution in [0.25, 0.3) is 0 Å². The predicted octanol–water partition coefficient (Wildman–Crippen LogP) is 2.79. The highest BCUT2D eigenvalue weighted by Gasteiger charge is 2.24. The molecule has 0 heterocycles. The van der Waals surface area contributed by atoms with E-state index in [4.69, 9.17) is 4.18 Å². The van der Waals surface area contributed by atoms with Gasteiger partial charge < -0.3 is 14.4 Å². The molecule has 2 N–H and O–H groups in total. The van der Waals surface area contributed by atoms with E-state index in [0.717, 1.165) is 5.56 Å². The Morgan fingerprint density at radius 3 is 2.14 bits per heavy atom. The van der Waals surface area contributed by atoms with E-state index in [1.165, 1.54) is 18.2 Å². The highest BCUT2D eigenvalue weighted by molar-refractivity contribution is 7.87. The zero-order valence-corrected chi connectivity index (χ0v) is 12.7. The molecule has 2 aromatic rings. The number of rotatable bonds is 3. The predicted molar refractivity (Wildman–Crippen MR) is 78.2 cm³/mol. The molecule has 2 aromatic carbocycles. The van der Waals surface area contributed by atoms with Gasteiger partial charge in [-0.1, -0.05) is 23.8 Å². The van der Waals surface area contributed by atoms with E-state index in [1.54, 1.807) is 26.0 Å². The molecular weight excluding hydrogens is 292 g/mol. The Balaban J connectivity index is 2.51. The summed E-state index contributed by atoms with van der Waals surface area (Å²) in [7, 11) is -4.10. The van der Waals surface area contributed by atoms with Crippen molar-refractivity contribution in [1.82, 2.24) is 0 Å². The van der Waals surface area contributed by atoms with Gasteiger partial charge in [0.2, 0.25) is 5.75 Å². The van der Waals surface area contributed by atoms with Gasteiger partial charge in [0.25, 0.3) is 0 Å². The van der Waals surface area contributed by atoms with Crippen LogP contribution in [-0.4, -0.2) is 18.6 Å². The number of phenolic OH excluding ortho intramolecular Hbond substituents is 2. The van der Waals surface area contributed by atoms with Crippen LogP contribution in [0, 0.1) is 20.8 Å². The van der Waals surface area contributed by atoms with Crippen LogP contribution in [0.1, 0.15) is 16.7 Å². The second-order valence-electron chi connectivity index (χ2n) is 4.89. The number of hydrogen-bond donors (Lipinski definition) is 2. The first-order valence-electron chi connectivity index (χ1n) is 6.25. The third-order valence-corrected chi connectivity index (χ3v) is 4.57. The minimum atomic E-state index is -4.10. The first-order chi connectivity index (χ1) is 9.72. The molecule has 0 bridgehead atoms. The van der Waals surface area contributed by atoms with Gasteiger partial charge >= 0.3 is 10.1 Å². The number of benzene rings is 2. The summed E-state index contributed by atoms with van der Waals surface area (Å²) < 4.78 is 29.8. The van der Waals surface area contributed by atoms with Gasteiger partial charge in [0, 0.05) is 0 Å². The third kappa shape index (κ3) is 2.95. The molecule has 0 saturated heterocycles. The van der Waals surface area contributed by atoms with Crippen LogP contribution in [0.15, 0.2) is 35.2 Å². The lowest BCUT2D eigenvalue weighted by atomic mass is 10.1. The van der Waals surface area contributed by atoms with Crippen LogP contribution in [0.4, 0.5) is 0 Å². The molecule has 112 valence electrons. The summed E-state index contributed by atoms with van der Waals surface area (Å²) in [6.45, 7) is 5.23. The second kappa shape index (κ2) is 5.29. The summed E-state index contributed by atoms with van der Waals surface area (Å²) >= 11 is 0. The van der Waals surface area contributed by atoms with Gasteiger partial charge in [-0.2, -0.15) is 8.42 Å². The Labute approximate surface area is 123 Å². The van der Waals surface area contributed by atoms with Crippen molar-refractivity contribution in [3.63, 3.8) is 0 Å². The van der Waals surface area contributed by atoms with Gasteiger partial charge in [0.1, 0.15) is 4.90 Å². The number of aryl methyl sites for hydroxylation is 3. The van der Waals surface area contributed by atoms with E-state index in [0.29, 0.717) is 11.1 Å². The molecule has 0 aliphatic rings. The molecule has 6 heteroatoms. The van der Waals surface area contributed by atoms with Crippen molar-refractivity contribution in [2.75, 3.05) is 0 Å². The van der Waals surface area contributed by atoms with E-state index in [2.05, 4.69) is 0 Å². The molecule has 5 nitrogen and oxygen atoms in total. The van der Waals surface area contributed by atoms with Crippen molar-refractivity contribution in [3.8, 4) is 17.2 Å². The number of para-hydroxylation sites is 1. The summed E-state index contributed by atoms with van der Waals surface area (Å²) in [6.07, 6.45) is 0. The fraction of sp³-hybridized carbons (Fsp3) is 0.200. The van der Waals surface area contributed by atoms with Crippen LogP contribution < -0.4 is 4.18 Å². The largest absolute Gasteiger partial charge is 0.504 e. The second-order valence-corrected chi connectivity index (χ2v) is 6.37. The Kier molecular flexibility index (Phi) is 3.82. The van der Waals surface area contributed by atoms with Crippen molar-refractivity contribution >= 4 is 10.1 Å².